The van der Waals surface area contributed by atoms with E-state index in [1.54, 1.807) is 14.2 Å². The first-order valence-electron chi connectivity index (χ1n) is 7.73. The number of piperidine rings is 1. The highest BCUT2D eigenvalue weighted by Crippen LogP contribution is 2.30. The van der Waals surface area contributed by atoms with Gasteiger partial charge in [-0.05, 0) is 36.5 Å². The maximum absolute atomic E-state index is 6.44. The van der Waals surface area contributed by atoms with Crippen LogP contribution < -0.4 is 15.2 Å². The molecule has 1 aliphatic rings. The molecule has 0 amide bonds. The van der Waals surface area contributed by atoms with Gasteiger partial charge in [-0.15, -0.1) is 0 Å². The summed E-state index contributed by atoms with van der Waals surface area (Å²) in [5.74, 6) is 3.14. The number of methoxy groups -OCH3 is 2. The van der Waals surface area contributed by atoms with Gasteiger partial charge < -0.3 is 20.1 Å². The molecule has 1 aromatic rings. The first-order chi connectivity index (χ1) is 10.0. The zero-order chi connectivity index (χ0) is 15.4. The average molecular weight is 292 g/mol. The minimum absolute atomic E-state index is 0.0625. The molecule has 0 aliphatic carbocycles. The van der Waals surface area contributed by atoms with Crippen LogP contribution in [0.3, 0.4) is 0 Å². The van der Waals surface area contributed by atoms with Gasteiger partial charge in [0, 0.05) is 31.2 Å². The molecule has 0 saturated carbocycles. The molecule has 3 unspecified atom stereocenters. The summed E-state index contributed by atoms with van der Waals surface area (Å²) in [7, 11) is 3.36. The summed E-state index contributed by atoms with van der Waals surface area (Å²) in [4.78, 5) is 2.47. The number of ether oxygens (including phenoxy) is 2. The first-order valence-corrected chi connectivity index (χ1v) is 7.73. The molecule has 2 rings (SSSR count). The lowest BCUT2D eigenvalue weighted by Gasteiger charge is -2.36. The lowest BCUT2D eigenvalue weighted by molar-refractivity contribution is 0.133. The third-order valence-corrected chi connectivity index (χ3v) is 4.24. The van der Waals surface area contributed by atoms with Crippen LogP contribution in [0.5, 0.6) is 11.5 Å². The quantitative estimate of drug-likeness (QED) is 0.906. The molecule has 1 heterocycles. The maximum Gasteiger partial charge on any atom is 0.123 e. The van der Waals surface area contributed by atoms with E-state index in [2.05, 4.69) is 18.7 Å². The van der Waals surface area contributed by atoms with Crippen molar-refractivity contribution in [2.24, 2.45) is 17.6 Å². The van der Waals surface area contributed by atoms with Gasteiger partial charge in [0.1, 0.15) is 11.5 Å². The van der Waals surface area contributed by atoms with Crippen LogP contribution in [0.4, 0.5) is 0 Å². The van der Waals surface area contributed by atoms with Crippen molar-refractivity contribution in [1.82, 2.24) is 4.90 Å². The number of benzene rings is 1. The minimum Gasteiger partial charge on any atom is -0.497 e. The zero-order valence-corrected chi connectivity index (χ0v) is 13.6. The molecule has 0 spiro atoms. The fraction of sp³-hybridized carbons (Fsp3) is 0.647. The molecule has 3 atom stereocenters. The Kier molecular flexibility index (Phi) is 5.48. The second kappa shape index (κ2) is 7.14. The zero-order valence-electron chi connectivity index (χ0n) is 13.6. The summed E-state index contributed by atoms with van der Waals surface area (Å²) in [5, 5.41) is 0. The molecule has 1 aliphatic heterocycles. The largest absolute Gasteiger partial charge is 0.497 e. The Hall–Kier alpha value is -1.26. The van der Waals surface area contributed by atoms with E-state index in [-0.39, 0.29) is 6.04 Å². The van der Waals surface area contributed by atoms with Crippen LogP contribution in [-0.4, -0.2) is 38.8 Å². The fourth-order valence-corrected chi connectivity index (χ4v) is 3.45. The normalized spacial score (nSPS) is 24.6. The lowest BCUT2D eigenvalue weighted by Crippen LogP contribution is -2.42. The fourth-order valence-electron chi connectivity index (χ4n) is 3.45. The van der Waals surface area contributed by atoms with Crippen LogP contribution in [0.1, 0.15) is 31.9 Å². The van der Waals surface area contributed by atoms with Gasteiger partial charge in [0.2, 0.25) is 0 Å². The van der Waals surface area contributed by atoms with E-state index in [0.29, 0.717) is 0 Å². The smallest absolute Gasteiger partial charge is 0.123 e. The van der Waals surface area contributed by atoms with E-state index in [1.807, 2.05) is 18.2 Å². The number of nitrogens with two attached hydrogens (primary N) is 1. The highest BCUT2D eigenvalue weighted by molar-refractivity contribution is 5.42. The van der Waals surface area contributed by atoms with Gasteiger partial charge in [0.15, 0.2) is 0 Å². The Morgan fingerprint density at radius 2 is 1.86 bits per heavy atom. The summed E-state index contributed by atoms with van der Waals surface area (Å²) < 4.78 is 10.7. The van der Waals surface area contributed by atoms with Gasteiger partial charge in [-0.25, -0.2) is 0 Å². The van der Waals surface area contributed by atoms with Crippen LogP contribution in [0, 0.1) is 11.8 Å². The van der Waals surface area contributed by atoms with Crippen LogP contribution >= 0.6 is 0 Å². The van der Waals surface area contributed by atoms with E-state index < -0.39 is 0 Å². The van der Waals surface area contributed by atoms with Gasteiger partial charge in [-0.1, -0.05) is 13.8 Å². The number of rotatable bonds is 5. The Morgan fingerprint density at radius 1 is 1.19 bits per heavy atom. The Balaban J connectivity index is 2.10. The van der Waals surface area contributed by atoms with Crippen molar-refractivity contribution in [3.63, 3.8) is 0 Å². The second-order valence-electron chi connectivity index (χ2n) is 6.38. The summed E-state index contributed by atoms with van der Waals surface area (Å²) in [6, 6.07) is 5.75. The van der Waals surface area contributed by atoms with Crippen molar-refractivity contribution in [3.05, 3.63) is 23.8 Å². The predicted octanol–water partition coefficient (Wildman–Crippen LogP) is 2.68. The third-order valence-electron chi connectivity index (χ3n) is 4.24. The number of hydrogen-bond donors (Lipinski definition) is 1. The summed E-state index contributed by atoms with van der Waals surface area (Å²) in [6.07, 6.45) is 1.31. The summed E-state index contributed by atoms with van der Waals surface area (Å²) in [5.41, 5.74) is 7.46. The molecule has 0 aromatic heterocycles. The van der Waals surface area contributed by atoms with Crippen molar-refractivity contribution >= 4 is 0 Å². The van der Waals surface area contributed by atoms with Crippen LogP contribution in [-0.2, 0) is 0 Å². The number of likely N-dealkylation sites (tertiary alicyclic amines) is 1. The maximum atomic E-state index is 6.44. The molecule has 4 heteroatoms. The molecule has 0 bridgehead atoms. The topological polar surface area (TPSA) is 47.7 Å². The molecule has 4 nitrogen and oxygen atoms in total. The minimum atomic E-state index is -0.0625. The first kappa shape index (κ1) is 16.1. The van der Waals surface area contributed by atoms with E-state index in [0.717, 1.165) is 48.5 Å². The highest BCUT2D eigenvalue weighted by Gasteiger charge is 2.24. The summed E-state index contributed by atoms with van der Waals surface area (Å²) >= 11 is 0. The molecular formula is C17H28N2O2. The van der Waals surface area contributed by atoms with Gasteiger partial charge >= 0.3 is 0 Å². The molecule has 118 valence electrons. The van der Waals surface area contributed by atoms with E-state index in [1.165, 1.54) is 6.42 Å². The number of nitrogens with zero attached hydrogens (tertiary/aromatic N) is 1. The molecule has 1 saturated heterocycles. The van der Waals surface area contributed by atoms with Gasteiger partial charge in [-0.2, -0.15) is 0 Å². The Labute approximate surface area is 128 Å². The van der Waals surface area contributed by atoms with Crippen molar-refractivity contribution < 1.29 is 9.47 Å². The van der Waals surface area contributed by atoms with Crippen molar-refractivity contribution in [3.8, 4) is 11.5 Å². The predicted molar refractivity (Wildman–Crippen MR) is 85.9 cm³/mol. The molecular weight excluding hydrogens is 264 g/mol. The standard InChI is InChI=1S/C17H28N2O2/c1-12-7-13(2)10-19(9-12)11-16(18)15-8-14(20-3)5-6-17(15)21-4/h5-6,8,12-13,16H,7,9-11,18H2,1-4H3. The molecule has 21 heavy (non-hydrogen) atoms. The van der Waals surface area contributed by atoms with Gasteiger partial charge in [0.05, 0.1) is 14.2 Å². The molecule has 2 N–H and O–H groups in total. The Morgan fingerprint density at radius 3 is 2.43 bits per heavy atom. The van der Waals surface area contributed by atoms with Crippen molar-refractivity contribution in [1.29, 1.82) is 0 Å². The van der Waals surface area contributed by atoms with Crippen LogP contribution in [0.15, 0.2) is 18.2 Å². The Bertz CT molecular complexity index is 454. The third kappa shape index (κ3) is 4.11. The molecule has 1 aromatic carbocycles. The van der Waals surface area contributed by atoms with Crippen molar-refractivity contribution in [2.75, 3.05) is 33.9 Å². The molecule has 1 fully saturated rings. The average Bonchev–Trinajstić information content (AvgIpc) is 2.45. The van der Waals surface area contributed by atoms with Crippen LogP contribution in [0.2, 0.25) is 0 Å². The summed E-state index contributed by atoms with van der Waals surface area (Å²) in [6.45, 7) is 7.76. The second-order valence-corrected chi connectivity index (χ2v) is 6.38. The van der Waals surface area contributed by atoms with Gasteiger partial charge in [-0.3, -0.25) is 0 Å². The SMILES string of the molecule is COc1ccc(OC)c(C(N)CN2CC(C)CC(C)C2)c1. The van der Waals surface area contributed by atoms with Crippen LogP contribution in [0.25, 0.3) is 0 Å². The monoisotopic (exact) mass is 292 g/mol. The van der Waals surface area contributed by atoms with Gasteiger partial charge in [0.25, 0.3) is 0 Å². The lowest BCUT2D eigenvalue weighted by atomic mass is 9.91. The van der Waals surface area contributed by atoms with E-state index in [4.69, 9.17) is 15.2 Å². The highest BCUT2D eigenvalue weighted by atomic mass is 16.5. The number of hydrogen-bond acceptors (Lipinski definition) is 4. The molecule has 0 radical (unpaired) electrons. The van der Waals surface area contributed by atoms with Crippen molar-refractivity contribution in [2.45, 2.75) is 26.3 Å². The van der Waals surface area contributed by atoms with E-state index in [9.17, 15) is 0 Å². The van der Waals surface area contributed by atoms with E-state index >= 15 is 0 Å².